The molecule has 0 atom stereocenters. The van der Waals surface area contributed by atoms with Gasteiger partial charge in [-0.1, -0.05) is 44.0 Å². The summed E-state index contributed by atoms with van der Waals surface area (Å²) in [7, 11) is 0. The Labute approximate surface area is 171 Å². The van der Waals surface area contributed by atoms with E-state index < -0.39 is 11.2 Å². The number of amides is 1. The zero-order valence-corrected chi connectivity index (χ0v) is 17.9. The molecule has 29 heavy (non-hydrogen) atoms. The van der Waals surface area contributed by atoms with Crippen LogP contribution in [0.25, 0.3) is 0 Å². The highest BCUT2D eigenvalue weighted by Gasteiger charge is 2.23. The smallest absolute Gasteiger partial charge is 0.330 e. The lowest BCUT2D eigenvalue weighted by Gasteiger charge is -2.24. The number of aromatic amines is 1. The molecule has 3 N–H and O–H groups in total. The van der Waals surface area contributed by atoms with Crippen molar-refractivity contribution in [3.8, 4) is 0 Å². The fourth-order valence-corrected chi connectivity index (χ4v) is 3.46. The third-order valence-electron chi connectivity index (χ3n) is 5.07. The fraction of sp³-hybridized carbons (Fsp3) is 0.500. The molecule has 0 bridgehead atoms. The van der Waals surface area contributed by atoms with E-state index in [1.54, 1.807) is 0 Å². The van der Waals surface area contributed by atoms with Gasteiger partial charge in [-0.15, -0.1) is 0 Å². The number of benzene rings is 1. The lowest BCUT2D eigenvalue weighted by molar-refractivity contribution is -0.118. The van der Waals surface area contributed by atoms with E-state index in [-0.39, 0.29) is 23.8 Å². The van der Waals surface area contributed by atoms with E-state index in [0.29, 0.717) is 25.9 Å². The number of nitrogens with one attached hydrogen (secondary N) is 1. The highest BCUT2D eigenvalue weighted by atomic mass is 16.2. The van der Waals surface area contributed by atoms with Crippen molar-refractivity contribution in [2.75, 3.05) is 17.2 Å². The standard InChI is InChI=1S/C22H32N4O3/c1-5-7-13-25(18(27)11-10-17-9-8-15(3)14-16(17)4)19-20(23)26(12-6-2)22(29)24-21(19)28/h8-9,14H,5-7,10-13,23H2,1-4H3,(H,24,28,29). The molecule has 0 saturated carbocycles. The van der Waals surface area contributed by atoms with Gasteiger partial charge in [0.1, 0.15) is 5.82 Å². The van der Waals surface area contributed by atoms with Crippen LogP contribution in [-0.4, -0.2) is 22.0 Å². The highest BCUT2D eigenvalue weighted by Crippen LogP contribution is 2.20. The van der Waals surface area contributed by atoms with E-state index in [2.05, 4.69) is 11.1 Å². The van der Waals surface area contributed by atoms with Crippen molar-refractivity contribution < 1.29 is 4.79 Å². The van der Waals surface area contributed by atoms with Crippen molar-refractivity contribution in [3.63, 3.8) is 0 Å². The van der Waals surface area contributed by atoms with Gasteiger partial charge in [-0.05, 0) is 44.2 Å². The van der Waals surface area contributed by atoms with Crippen molar-refractivity contribution >= 4 is 17.4 Å². The Kier molecular flexibility index (Phi) is 7.82. The van der Waals surface area contributed by atoms with Gasteiger partial charge in [-0.3, -0.25) is 19.1 Å². The zero-order chi connectivity index (χ0) is 21.6. The maximum absolute atomic E-state index is 13.1. The summed E-state index contributed by atoms with van der Waals surface area (Å²) >= 11 is 0. The fourth-order valence-electron chi connectivity index (χ4n) is 3.46. The molecule has 2 rings (SSSR count). The number of aromatic nitrogens is 2. The number of unbranched alkanes of at least 4 members (excludes halogenated alkanes) is 1. The quantitative estimate of drug-likeness (QED) is 0.676. The number of anilines is 2. The predicted octanol–water partition coefficient (Wildman–Crippen LogP) is 2.91. The van der Waals surface area contributed by atoms with Crippen LogP contribution in [0.5, 0.6) is 0 Å². The van der Waals surface area contributed by atoms with E-state index in [9.17, 15) is 14.4 Å². The molecule has 1 amide bonds. The molecule has 1 aromatic carbocycles. The minimum Gasteiger partial charge on any atom is -0.383 e. The number of nitrogens with two attached hydrogens (primary N) is 1. The summed E-state index contributed by atoms with van der Waals surface area (Å²) < 4.78 is 1.33. The lowest BCUT2D eigenvalue weighted by Crippen LogP contribution is -2.41. The number of rotatable bonds is 9. The lowest BCUT2D eigenvalue weighted by atomic mass is 10.0. The molecule has 0 radical (unpaired) electrons. The molecule has 0 aliphatic carbocycles. The minimum atomic E-state index is -0.615. The number of aryl methyl sites for hydroxylation is 3. The van der Waals surface area contributed by atoms with Crippen LogP contribution in [0.1, 0.15) is 56.2 Å². The second-order valence-corrected chi connectivity index (χ2v) is 7.47. The molecule has 0 unspecified atom stereocenters. The van der Waals surface area contributed by atoms with Crippen molar-refractivity contribution in [3.05, 3.63) is 55.7 Å². The van der Waals surface area contributed by atoms with E-state index in [0.717, 1.165) is 24.0 Å². The van der Waals surface area contributed by atoms with Gasteiger partial charge in [-0.2, -0.15) is 0 Å². The third kappa shape index (κ3) is 5.37. The van der Waals surface area contributed by atoms with E-state index in [4.69, 9.17) is 5.73 Å². The summed E-state index contributed by atoms with van der Waals surface area (Å²) in [6, 6.07) is 6.17. The summed E-state index contributed by atoms with van der Waals surface area (Å²) in [4.78, 5) is 41.5. The maximum atomic E-state index is 13.1. The number of carbonyl (C=O) groups excluding carboxylic acids is 1. The molecule has 158 valence electrons. The van der Waals surface area contributed by atoms with E-state index in [1.807, 2.05) is 39.8 Å². The largest absolute Gasteiger partial charge is 0.383 e. The molecule has 7 nitrogen and oxygen atoms in total. The molecule has 1 aromatic heterocycles. The summed E-state index contributed by atoms with van der Waals surface area (Å²) in [5, 5.41) is 0. The molecular formula is C22H32N4O3. The Morgan fingerprint density at radius 1 is 1.17 bits per heavy atom. The number of hydrogen-bond donors (Lipinski definition) is 2. The second kappa shape index (κ2) is 10.1. The molecule has 1 heterocycles. The Bertz CT molecular complexity index is 975. The monoisotopic (exact) mass is 400 g/mol. The van der Waals surface area contributed by atoms with Gasteiger partial charge in [0.2, 0.25) is 5.91 Å². The Morgan fingerprint density at radius 2 is 1.90 bits per heavy atom. The molecule has 0 saturated heterocycles. The van der Waals surface area contributed by atoms with Gasteiger partial charge in [0, 0.05) is 19.5 Å². The van der Waals surface area contributed by atoms with Crippen LogP contribution in [0.2, 0.25) is 0 Å². The van der Waals surface area contributed by atoms with Crippen LogP contribution in [0.4, 0.5) is 11.5 Å². The maximum Gasteiger partial charge on any atom is 0.330 e. The summed E-state index contributed by atoms with van der Waals surface area (Å²) in [5.74, 6) is -0.117. The predicted molar refractivity (Wildman–Crippen MR) is 118 cm³/mol. The number of hydrogen-bond acceptors (Lipinski definition) is 4. The number of carbonyl (C=O) groups is 1. The number of nitrogen functional groups attached to an aromatic ring is 1. The molecule has 7 heteroatoms. The third-order valence-corrected chi connectivity index (χ3v) is 5.07. The molecule has 0 fully saturated rings. The number of H-pyrrole nitrogens is 1. The van der Waals surface area contributed by atoms with Crippen LogP contribution < -0.4 is 21.9 Å². The summed E-state index contributed by atoms with van der Waals surface area (Å²) in [6.45, 7) is 8.77. The summed E-state index contributed by atoms with van der Waals surface area (Å²) in [6.07, 6.45) is 3.14. The average Bonchev–Trinajstić information content (AvgIpc) is 2.66. The van der Waals surface area contributed by atoms with Crippen molar-refractivity contribution in [1.29, 1.82) is 0 Å². The van der Waals surface area contributed by atoms with Crippen molar-refractivity contribution in [1.82, 2.24) is 9.55 Å². The molecule has 0 spiro atoms. The van der Waals surface area contributed by atoms with Crippen LogP contribution in [0, 0.1) is 13.8 Å². The summed E-state index contributed by atoms with van der Waals surface area (Å²) in [5.41, 5.74) is 8.53. The van der Waals surface area contributed by atoms with Gasteiger partial charge in [-0.25, -0.2) is 4.79 Å². The first-order chi connectivity index (χ1) is 13.8. The molecule has 0 aliphatic rings. The topological polar surface area (TPSA) is 101 Å². The first kappa shape index (κ1) is 22.5. The molecular weight excluding hydrogens is 368 g/mol. The van der Waals surface area contributed by atoms with Gasteiger partial charge in [0.15, 0.2) is 5.69 Å². The Morgan fingerprint density at radius 3 is 2.52 bits per heavy atom. The Hall–Kier alpha value is -2.83. The Balaban J connectivity index is 2.36. The van der Waals surface area contributed by atoms with Gasteiger partial charge in [0.25, 0.3) is 5.56 Å². The van der Waals surface area contributed by atoms with Crippen LogP contribution >= 0.6 is 0 Å². The second-order valence-electron chi connectivity index (χ2n) is 7.47. The first-order valence-electron chi connectivity index (χ1n) is 10.3. The minimum absolute atomic E-state index is 0.0524. The van der Waals surface area contributed by atoms with Gasteiger partial charge >= 0.3 is 5.69 Å². The van der Waals surface area contributed by atoms with E-state index >= 15 is 0 Å². The normalized spacial score (nSPS) is 10.9. The van der Waals surface area contributed by atoms with Gasteiger partial charge < -0.3 is 10.6 Å². The van der Waals surface area contributed by atoms with E-state index in [1.165, 1.54) is 15.0 Å². The molecule has 0 aliphatic heterocycles. The number of nitrogens with zero attached hydrogens (tertiary/aromatic N) is 2. The van der Waals surface area contributed by atoms with Gasteiger partial charge in [0.05, 0.1) is 0 Å². The average molecular weight is 401 g/mol. The van der Waals surface area contributed by atoms with Crippen LogP contribution in [0.3, 0.4) is 0 Å². The van der Waals surface area contributed by atoms with Crippen molar-refractivity contribution in [2.45, 2.75) is 66.3 Å². The molecule has 2 aromatic rings. The van der Waals surface area contributed by atoms with Crippen LogP contribution in [0.15, 0.2) is 27.8 Å². The first-order valence-corrected chi connectivity index (χ1v) is 10.3. The highest BCUT2D eigenvalue weighted by molar-refractivity contribution is 5.95. The zero-order valence-electron chi connectivity index (χ0n) is 17.9. The van der Waals surface area contributed by atoms with Crippen molar-refractivity contribution in [2.24, 2.45) is 0 Å². The SMILES string of the molecule is CCCCN(C(=O)CCc1ccc(C)cc1C)c1c(N)n(CCC)c(=O)[nH]c1=O. The van der Waals surface area contributed by atoms with Crippen LogP contribution in [-0.2, 0) is 17.8 Å².